The molecule has 2 aromatic rings. The van der Waals surface area contributed by atoms with Crippen LogP contribution in [0.15, 0.2) is 48.5 Å². The molecule has 1 unspecified atom stereocenters. The van der Waals surface area contributed by atoms with E-state index in [1.54, 1.807) is 0 Å². The van der Waals surface area contributed by atoms with Crippen LogP contribution in [0.3, 0.4) is 0 Å². The second-order valence-corrected chi connectivity index (χ2v) is 5.06. The zero-order valence-corrected chi connectivity index (χ0v) is 11.8. The van der Waals surface area contributed by atoms with Crippen LogP contribution in [-0.4, -0.2) is 11.1 Å². The van der Waals surface area contributed by atoms with Crippen molar-refractivity contribution in [2.75, 3.05) is 0 Å². The molecule has 0 heterocycles. The Hall–Kier alpha value is -2.13. The first kappa shape index (κ1) is 14.3. The van der Waals surface area contributed by atoms with E-state index < -0.39 is 12.0 Å². The van der Waals surface area contributed by atoms with E-state index in [-0.39, 0.29) is 0 Å². The van der Waals surface area contributed by atoms with E-state index in [1.165, 1.54) is 0 Å². The summed E-state index contributed by atoms with van der Waals surface area (Å²) in [6.07, 6.45) is 0. The summed E-state index contributed by atoms with van der Waals surface area (Å²) in [6, 6.07) is 15.0. The molecule has 3 heteroatoms. The molecule has 0 aliphatic rings. The highest BCUT2D eigenvalue weighted by molar-refractivity contribution is 5.75. The van der Waals surface area contributed by atoms with Gasteiger partial charge in [-0.05, 0) is 25.0 Å². The normalized spacial score (nSPS) is 12.1. The molecule has 0 radical (unpaired) electrons. The van der Waals surface area contributed by atoms with Crippen molar-refractivity contribution >= 4 is 5.97 Å². The van der Waals surface area contributed by atoms with Crippen LogP contribution in [0.1, 0.15) is 28.3 Å². The number of hydrogen-bond acceptors (Lipinski definition) is 2. The molecule has 104 valence electrons. The fraction of sp³-hybridized carbons (Fsp3) is 0.235. The van der Waals surface area contributed by atoms with Crippen LogP contribution in [0.4, 0.5) is 0 Å². The third-order valence-corrected chi connectivity index (χ3v) is 3.18. The van der Waals surface area contributed by atoms with E-state index in [1.807, 2.05) is 62.4 Å². The standard InChI is InChI=1S/C17H19NO2/c1-12-8-13(2)10-15(9-12)16(17(19)20)18-11-14-6-4-3-5-7-14/h3-10,16,18H,11H2,1-2H3,(H,19,20). The van der Waals surface area contributed by atoms with Gasteiger partial charge in [-0.15, -0.1) is 0 Å². The minimum absolute atomic E-state index is 0.533. The second kappa shape index (κ2) is 6.35. The summed E-state index contributed by atoms with van der Waals surface area (Å²) in [4.78, 5) is 11.5. The van der Waals surface area contributed by atoms with Crippen LogP contribution >= 0.6 is 0 Å². The molecule has 2 N–H and O–H groups in total. The van der Waals surface area contributed by atoms with E-state index >= 15 is 0 Å². The molecule has 2 rings (SSSR count). The second-order valence-electron chi connectivity index (χ2n) is 5.06. The summed E-state index contributed by atoms with van der Waals surface area (Å²) in [7, 11) is 0. The van der Waals surface area contributed by atoms with Gasteiger partial charge < -0.3 is 5.11 Å². The highest BCUT2D eigenvalue weighted by atomic mass is 16.4. The molecule has 0 aliphatic heterocycles. The van der Waals surface area contributed by atoms with E-state index in [0.29, 0.717) is 6.54 Å². The van der Waals surface area contributed by atoms with Gasteiger partial charge in [-0.3, -0.25) is 10.1 Å². The van der Waals surface area contributed by atoms with Crippen molar-refractivity contribution in [2.45, 2.75) is 26.4 Å². The van der Waals surface area contributed by atoms with Gasteiger partial charge in [0.2, 0.25) is 0 Å². The molecule has 0 bridgehead atoms. The Bertz CT molecular complexity index is 573. The van der Waals surface area contributed by atoms with Gasteiger partial charge >= 0.3 is 5.97 Å². The van der Waals surface area contributed by atoms with Crippen molar-refractivity contribution in [3.05, 3.63) is 70.8 Å². The van der Waals surface area contributed by atoms with Crippen molar-refractivity contribution in [3.8, 4) is 0 Å². The average molecular weight is 269 g/mol. The van der Waals surface area contributed by atoms with Gasteiger partial charge in [-0.2, -0.15) is 0 Å². The highest BCUT2D eigenvalue weighted by Crippen LogP contribution is 2.18. The van der Waals surface area contributed by atoms with Crippen molar-refractivity contribution < 1.29 is 9.90 Å². The number of carbonyl (C=O) groups is 1. The number of aryl methyl sites for hydroxylation is 2. The summed E-state index contributed by atoms with van der Waals surface area (Å²) in [5.41, 5.74) is 4.02. The molecule has 3 nitrogen and oxygen atoms in total. The molecule has 0 fully saturated rings. The van der Waals surface area contributed by atoms with Crippen molar-refractivity contribution in [2.24, 2.45) is 0 Å². The number of aliphatic carboxylic acids is 1. The monoisotopic (exact) mass is 269 g/mol. The Balaban J connectivity index is 2.17. The summed E-state index contributed by atoms with van der Waals surface area (Å²) >= 11 is 0. The third-order valence-electron chi connectivity index (χ3n) is 3.18. The average Bonchev–Trinajstić information content (AvgIpc) is 2.38. The summed E-state index contributed by atoms with van der Waals surface area (Å²) < 4.78 is 0. The van der Waals surface area contributed by atoms with Gasteiger partial charge in [0.15, 0.2) is 0 Å². The Kier molecular flexibility index (Phi) is 4.53. The maximum absolute atomic E-state index is 11.5. The van der Waals surface area contributed by atoms with Gasteiger partial charge in [-0.1, -0.05) is 59.7 Å². The van der Waals surface area contributed by atoms with Crippen LogP contribution in [0.25, 0.3) is 0 Å². The maximum atomic E-state index is 11.5. The Labute approximate surface area is 119 Å². The topological polar surface area (TPSA) is 49.3 Å². The Morgan fingerprint density at radius 3 is 2.25 bits per heavy atom. The number of rotatable bonds is 5. The van der Waals surface area contributed by atoms with E-state index in [9.17, 15) is 9.90 Å². The number of hydrogen-bond donors (Lipinski definition) is 2. The van der Waals surface area contributed by atoms with Gasteiger partial charge in [-0.25, -0.2) is 0 Å². The third kappa shape index (κ3) is 3.68. The molecule has 0 aliphatic carbocycles. The number of nitrogens with one attached hydrogen (secondary N) is 1. The predicted octanol–water partition coefficient (Wildman–Crippen LogP) is 3.22. The highest BCUT2D eigenvalue weighted by Gasteiger charge is 2.19. The minimum atomic E-state index is -0.856. The fourth-order valence-corrected chi connectivity index (χ4v) is 2.34. The first-order valence-electron chi connectivity index (χ1n) is 6.64. The quantitative estimate of drug-likeness (QED) is 0.876. The molecule has 0 saturated heterocycles. The molecule has 20 heavy (non-hydrogen) atoms. The largest absolute Gasteiger partial charge is 0.480 e. The first-order chi connectivity index (χ1) is 9.56. The van der Waals surface area contributed by atoms with E-state index in [2.05, 4.69) is 5.32 Å². The fourth-order valence-electron chi connectivity index (χ4n) is 2.34. The Morgan fingerprint density at radius 2 is 1.70 bits per heavy atom. The van der Waals surface area contributed by atoms with Crippen LogP contribution in [0.5, 0.6) is 0 Å². The molecular weight excluding hydrogens is 250 g/mol. The van der Waals surface area contributed by atoms with Crippen LogP contribution in [-0.2, 0) is 11.3 Å². The minimum Gasteiger partial charge on any atom is -0.480 e. The maximum Gasteiger partial charge on any atom is 0.325 e. The lowest BCUT2D eigenvalue weighted by atomic mass is 10.0. The van der Waals surface area contributed by atoms with Crippen molar-refractivity contribution in [3.63, 3.8) is 0 Å². The number of benzene rings is 2. The van der Waals surface area contributed by atoms with Crippen LogP contribution in [0.2, 0.25) is 0 Å². The van der Waals surface area contributed by atoms with Crippen molar-refractivity contribution in [1.29, 1.82) is 0 Å². The zero-order valence-electron chi connectivity index (χ0n) is 11.8. The first-order valence-corrected chi connectivity index (χ1v) is 6.64. The number of carboxylic acid groups (broad SMARTS) is 1. The van der Waals surface area contributed by atoms with Gasteiger partial charge in [0, 0.05) is 6.54 Å². The molecule has 0 aromatic heterocycles. The molecule has 1 atom stereocenters. The molecule has 2 aromatic carbocycles. The lowest BCUT2D eigenvalue weighted by Crippen LogP contribution is -2.28. The van der Waals surface area contributed by atoms with Gasteiger partial charge in [0.05, 0.1) is 0 Å². The lowest BCUT2D eigenvalue weighted by molar-refractivity contribution is -0.139. The summed E-state index contributed by atoms with van der Waals surface area (Å²) in [5.74, 6) is -0.856. The van der Waals surface area contributed by atoms with E-state index in [0.717, 1.165) is 22.3 Å². The lowest BCUT2D eigenvalue weighted by Gasteiger charge is -2.16. The SMILES string of the molecule is Cc1cc(C)cc(C(NCc2ccccc2)C(=O)O)c1. The zero-order chi connectivity index (χ0) is 14.5. The summed E-state index contributed by atoms with van der Waals surface area (Å²) in [6.45, 7) is 4.49. The molecule has 0 spiro atoms. The van der Waals surface area contributed by atoms with Gasteiger partial charge in [0.25, 0.3) is 0 Å². The smallest absolute Gasteiger partial charge is 0.325 e. The molecule has 0 amide bonds. The molecular formula is C17H19NO2. The van der Waals surface area contributed by atoms with E-state index in [4.69, 9.17) is 0 Å². The molecule has 0 saturated carbocycles. The summed E-state index contributed by atoms with van der Waals surface area (Å²) in [5, 5.41) is 12.5. The number of carboxylic acids is 1. The van der Waals surface area contributed by atoms with Crippen LogP contribution in [0, 0.1) is 13.8 Å². The predicted molar refractivity (Wildman–Crippen MR) is 79.6 cm³/mol. The Morgan fingerprint density at radius 1 is 1.10 bits per heavy atom. The van der Waals surface area contributed by atoms with Gasteiger partial charge in [0.1, 0.15) is 6.04 Å². The van der Waals surface area contributed by atoms with Crippen LogP contribution < -0.4 is 5.32 Å². The van der Waals surface area contributed by atoms with Crippen molar-refractivity contribution in [1.82, 2.24) is 5.32 Å².